The van der Waals surface area contributed by atoms with Crippen molar-refractivity contribution in [2.24, 2.45) is 33.8 Å². The van der Waals surface area contributed by atoms with Crippen LogP contribution >= 0.6 is 11.8 Å². The molecule has 2 aliphatic rings. The monoisotopic (exact) mass is 1050 g/mol. The zero-order chi connectivity index (χ0) is 54.2. The van der Waals surface area contributed by atoms with E-state index in [1.54, 1.807) is 30.3 Å². The second-order valence-corrected chi connectivity index (χ2v) is 19.9. The van der Waals surface area contributed by atoms with E-state index < -0.39 is 114 Å². The molecule has 0 spiro atoms. The largest absolute Gasteiger partial charge is 0.480 e. The Balaban J connectivity index is 1.76. The number of carboxylic acid groups (broad SMARTS) is 1. The average Bonchev–Trinajstić information content (AvgIpc) is 4.06. The van der Waals surface area contributed by atoms with Crippen LogP contribution in [-0.2, 0) is 49.6 Å². The Kier molecular flexibility index (Phi) is 26.4. The van der Waals surface area contributed by atoms with Crippen molar-refractivity contribution < 1.29 is 53.4 Å². The number of guanidine groups is 1. The van der Waals surface area contributed by atoms with E-state index in [9.17, 15) is 53.4 Å². The van der Waals surface area contributed by atoms with Crippen molar-refractivity contribution in [2.75, 3.05) is 44.8 Å². The summed E-state index contributed by atoms with van der Waals surface area (Å²) in [6.07, 6.45) is 5.15. The van der Waals surface area contributed by atoms with Crippen LogP contribution in [0, 0.1) is 5.92 Å². The fourth-order valence-corrected chi connectivity index (χ4v) is 9.09. The number of nitrogens with zero attached hydrogens (tertiary/aromatic N) is 3. The van der Waals surface area contributed by atoms with Crippen LogP contribution in [0.5, 0.6) is 0 Å². The van der Waals surface area contributed by atoms with E-state index in [0.717, 1.165) is 0 Å². The molecule has 0 aliphatic carbocycles. The van der Waals surface area contributed by atoms with Crippen LogP contribution in [0.25, 0.3) is 0 Å². The maximum Gasteiger partial charge on any atom is 0.326 e. The van der Waals surface area contributed by atoms with E-state index in [1.165, 1.54) is 28.5 Å². The number of carbonyl (C=O) groups excluding carboxylic acids is 8. The zero-order valence-electron chi connectivity index (χ0n) is 42.5. The van der Waals surface area contributed by atoms with Crippen molar-refractivity contribution in [3.8, 4) is 0 Å². The average molecular weight is 1050 g/mol. The molecule has 408 valence electrons. The van der Waals surface area contributed by atoms with Crippen LogP contribution in [-0.4, -0.2) is 178 Å². The highest BCUT2D eigenvalue weighted by Crippen LogP contribution is 2.24. The molecule has 3 rings (SSSR count). The molecule has 0 unspecified atom stereocenters. The van der Waals surface area contributed by atoms with Gasteiger partial charge in [-0.05, 0) is 108 Å². The third-order valence-corrected chi connectivity index (χ3v) is 13.2. The van der Waals surface area contributed by atoms with Crippen molar-refractivity contribution >= 4 is 70.9 Å². The van der Waals surface area contributed by atoms with Gasteiger partial charge in [-0.2, -0.15) is 11.8 Å². The topological polar surface area (TPSA) is 389 Å². The fourth-order valence-electron chi connectivity index (χ4n) is 8.62. The Morgan fingerprint density at radius 1 is 0.699 bits per heavy atom. The first kappa shape index (κ1) is 61.3. The maximum atomic E-state index is 14.5. The van der Waals surface area contributed by atoms with Crippen LogP contribution in [0.4, 0.5) is 0 Å². The van der Waals surface area contributed by atoms with Crippen molar-refractivity contribution in [2.45, 2.75) is 152 Å². The second kappa shape index (κ2) is 31.5. The van der Waals surface area contributed by atoms with E-state index in [2.05, 4.69) is 36.9 Å². The lowest BCUT2D eigenvalue weighted by molar-refractivity contribution is -0.145. The molecule has 73 heavy (non-hydrogen) atoms. The van der Waals surface area contributed by atoms with Gasteiger partial charge >= 0.3 is 5.97 Å². The minimum Gasteiger partial charge on any atom is -0.480 e. The number of aliphatic hydroxyl groups excluding tert-OH is 1. The number of amides is 8. The molecule has 8 amide bonds. The van der Waals surface area contributed by atoms with Crippen LogP contribution in [0.15, 0.2) is 35.3 Å². The third-order valence-electron chi connectivity index (χ3n) is 12.6. The minimum absolute atomic E-state index is 0.0181. The summed E-state index contributed by atoms with van der Waals surface area (Å²) in [5.41, 5.74) is 22.9. The Labute approximate surface area is 431 Å². The Hall–Kier alpha value is -6.05. The van der Waals surface area contributed by atoms with Gasteiger partial charge in [0, 0.05) is 26.1 Å². The number of hydrogen-bond donors (Lipinski definition) is 12. The zero-order valence-corrected chi connectivity index (χ0v) is 43.3. The summed E-state index contributed by atoms with van der Waals surface area (Å²) in [6.45, 7) is 5.26. The van der Waals surface area contributed by atoms with Crippen LogP contribution in [0.1, 0.15) is 97.0 Å². The number of aliphatic carboxylic acids is 1. The van der Waals surface area contributed by atoms with Crippen molar-refractivity contribution in [3.63, 3.8) is 0 Å². The number of nitrogens with one attached hydrogen (secondary N) is 6. The summed E-state index contributed by atoms with van der Waals surface area (Å²) >= 11 is 1.45. The van der Waals surface area contributed by atoms with E-state index in [0.29, 0.717) is 43.5 Å². The van der Waals surface area contributed by atoms with Gasteiger partial charge in [0.1, 0.15) is 54.4 Å². The number of aliphatic imine (C=N–C) groups is 1. The van der Waals surface area contributed by atoms with E-state index in [4.69, 9.17) is 22.9 Å². The van der Waals surface area contributed by atoms with Crippen molar-refractivity contribution in [1.29, 1.82) is 0 Å². The van der Waals surface area contributed by atoms with E-state index in [-0.39, 0.29) is 82.9 Å². The number of hydrogen-bond acceptors (Lipinski definition) is 14. The summed E-state index contributed by atoms with van der Waals surface area (Å²) in [5.74, 6) is -6.21. The van der Waals surface area contributed by atoms with Crippen LogP contribution < -0.4 is 54.8 Å². The standard InChI is InChI=1S/C48H79N13O11S/c1-28(2)25-35(41(65)54-29(3)39(63)57-34(47(71)72)16-10-21-53-48(51)52)59-44(68)38-18-12-23-61(38)46(70)33(19-24-73-4)56-43(67)37-17-11-22-60(37)45(69)32(15-8-9-20-49)55-42(66)36(58-40(64)31(50)27-62)26-30-13-6-5-7-14-30/h5-7,13-14,28-29,31-38,62H,8-12,15-27,49-50H2,1-4H3,(H,54,65)(H,55,66)(H,56,67)(H,57,63)(H,58,64)(H,59,68)(H,71,72)(H4,51,52,53)/t29-,31+,32+,33+,34+,35+,36+,37+,38+/m1/s1. The lowest BCUT2D eigenvalue weighted by atomic mass is 10.0. The van der Waals surface area contributed by atoms with Gasteiger partial charge < -0.3 is 74.8 Å². The van der Waals surface area contributed by atoms with Crippen LogP contribution in [0.3, 0.4) is 0 Å². The van der Waals surface area contributed by atoms with E-state index in [1.807, 2.05) is 20.1 Å². The van der Waals surface area contributed by atoms with Crippen molar-refractivity contribution in [1.82, 2.24) is 41.7 Å². The Morgan fingerprint density at radius 3 is 1.77 bits per heavy atom. The molecule has 0 aromatic heterocycles. The summed E-state index contributed by atoms with van der Waals surface area (Å²) < 4.78 is 0. The molecule has 2 heterocycles. The highest BCUT2D eigenvalue weighted by atomic mass is 32.2. The summed E-state index contributed by atoms with van der Waals surface area (Å²) in [7, 11) is 0. The number of carbonyl (C=O) groups is 9. The smallest absolute Gasteiger partial charge is 0.326 e. The molecule has 2 aliphatic heterocycles. The summed E-state index contributed by atoms with van der Waals surface area (Å²) in [4.78, 5) is 129. The fraction of sp³-hybridized carbons (Fsp3) is 0.667. The highest BCUT2D eigenvalue weighted by Gasteiger charge is 2.42. The molecule has 24 nitrogen and oxygen atoms in total. The number of aliphatic hydroxyl groups is 1. The minimum atomic E-state index is -1.29. The maximum absolute atomic E-state index is 14.5. The number of rotatable bonds is 31. The summed E-state index contributed by atoms with van der Waals surface area (Å²) in [5, 5.41) is 35.2. The van der Waals surface area contributed by atoms with Crippen molar-refractivity contribution in [3.05, 3.63) is 35.9 Å². The predicted octanol–water partition coefficient (Wildman–Crippen LogP) is -2.47. The SMILES string of the molecule is CSCC[C@H](NC(=O)[C@@H]1CCCN1C(=O)[C@H](CCCCN)NC(=O)[C@H](Cc1ccccc1)NC(=O)[C@@H](N)CO)C(=O)N1CCC[C@H]1C(=O)N[C@@H](CC(C)C)C(=O)N[C@H](C)C(=O)N[C@@H](CCCN=C(N)N)C(=O)O. The lowest BCUT2D eigenvalue weighted by Gasteiger charge is -2.32. The number of unbranched alkanes of at least 4 members (excludes halogenated alkanes) is 1. The Morgan fingerprint density at radius 2 is 1.23 bits per heavy atom. The molecule has 2 fully saturated rings. The number of benzene rings is 1. The molecular formula is C48H79N13O11S. The van der Waals surface area contributed by atoms with Gasteiger partial charge in [0.25, 0.3) is 0 Å². The highest BCUT2D eigenvalue weighted by molar-refractivity contribution is 7.98. The van der Waals surface area contributed by atoms with Gasteiger partial charge in [-0.25, -0.2) is 4.79 Å². The molecule has 25 heteroatoms. The molecule has 2 saturated heterocycles. The molecular weight excluding hydrogens is 967 g/mol. The Bertz CT molecular complexity index is 2050. The first-order valence-corrected chi connectivity index (χ1v) is 26.4. The normalized spacial score (nSPS) is 18.2. The van der Waals surface area contributed by atoms with Gasteiger partial charge in [-0.1, -0.05) is 44.2 Å². The molecule has 0 bridgehead atoms. The first-order valence-electron chi connectivity index (χ1n) is 25.0. The summed E-state index contributed by atoms with van der Waals surface area (Å²) in [6, 6.07) is -1.38. The molecule has 1 aromatic rings. The third kappa shape index (κ3) is 20.1. The molecule has 1 aromatic carbocycles. The number of thioether (sulfide) groups is 1. The lowest BCUT2D eigenvalue weighted by Crippen LogP contribution is -2.60. The number of likely N-dealkylation sites (tertiary alicyclic amines) is 2. The van der Waals surface area contributed by atoms with Gasteiger partial charge in [-0.15, -0.1) is 0 Å². The quantitative estimate of drug-likeness (QED) is 0.0208. The molecule has 0 radical (unpaired) electrons. The first-order chi connectivity index (χ1) is 34.7. The number of carboxylic acids is 1. The van der Waals surface area contributed by atoms with Gasteiger partial charge in [0.05, 0.1) is 6.61 Å². The van der Waals surface area contributed by atoms with Crippen LogP contribution in [0.2, 0.25) is 0 Å². The molecule has 0 saturated carbocycles. The molecule has 16 N–H and O–H groups in total. The number of nitrogens with two attached hydrogens (primary N) is 4. The van der Waals surface area contributed by atoms with Gasteiger partial charge in [-0.3, -0.25) is 43.3 Å². The second-order valence-electron chi connectivity index (χ2n) is 18.9. The predicted molar refractivity (Wildman–Crippen MR) is 275 cm³/mol. The van der Waals surface area contributed by atoms with Gasteiger partial charge in [0.15, 0.2) is 5.96 Å². The molecule has 9 atom stereocenters. The van der Waals surface area contributed by atoms with Gasteiger partial charge in [0.2, 0.25) is 47.3 Å². The van der Waals surface area contributed by atoms with E-state index >= 15 is 0 Å².